The van der Waals surface area contributed by atoms with Gasteiger partial charge in [-0.1, -0.05) is 80.6 Å². The van der Waals surface area contributed by atoms with E-state index in [1.165, 1.54) is 11.8 Å². The minimum atomic E-state index is -2.77. The van der Waals surface area contributed by atoms with Crippen LogP contribution in [0.3, 0.4) is 0 Å². The number of nitrogens with two attached hydrogens (primary N) is 1. The first-order valence-electron chi connectivity index (χ1n) is 15.8. The van der Waals surface area contributed by atoms with Gasteiger partial charge in [-0.05, 0) is 36.3 Å². The van der Waals surface area contributed by atoms with E-state index < -0.39 is 49.6 Å². The smallest absolute Gasteiger partial charge is 0.408 e. The van der Waals surface area contributed by atoms with E-state index in [1.807, 2.05) is 67.3 Å². The number of carboxylic acids is 1. The molecule has 3 aromatic rings. The quantitative estimate of drug-likeness (QED) is 0.143. The summed E-state index contributed by atoms with van der Waals surface area (Å²) in [6.45, 7) is 6.53. The number of carboxylic acid groups (broad SMARTS) is 1. The van der Waals surface area contributed by atoms with Gasteiger partial charge in [-0.2, -0.15) is 4.52 Å². The van der Waals surface area contributed by atoms with Gasteiger partial charge >= 0.3 is 12.1 Å². The molecule has 0 aliphatic carbocycles. The molecule has 49 heavy (non-hydrogen) atoms. The predicted octanol–water partition coefficient (Wildman–Crippen LogP) is 3.77. The first-order chi connectivity index (χ1) is 23.3. The molecular formula is C35H42N5O8P. The van der Waals surface area contributed by atoms with Gasteiger partial charge < -0.3 is 36.0 Å². The Kier molecular flexibility index (Phi) is 12.9. The molecule has 4 atom stereocenters. The van der Waals surface area contributed by atoms with Gasteiger partial charge in [0.25, 0.3) is 0 Å². The monoisotopic (exact) mass is 691 g/mol. The molecule has 0 aromatic heterocycles. The van der Waals surface area contributed by atoms with E-state index in [-0.39, 0.29) is 37.9 Å². The molecule has 1 aliphatic rings. The third-order valence-corrected chi connectivity index (χ3v) is 8.89. The summed E-state index contributed by atoms with van der Waals surface area (Å²) in [7, 11) is -2.77. The predicted molar refractivity (Wildman–Crippen MR) is 186 cm³/mol. The Labute approximate surface area is 286 Å². The number of benzene rings is 3. The molecule has 5 N–H and O–H groups in total. The Balaban J connectivity index is 1.68. The number of aliphatic carboxylic acids is 1. The Bertz CT molecular complexity index is 1720. The van der Waals surface area contributed by atoms with Crippen LogP contribution in [0.15, 0.2) is 84.7 Å². The number of carbonyl (C=O) groups is 4. The summed E-state index contributed by atoms with van der Waals surface area (Å²) < 4.78 is 11.0. The van der Waals surface area contributed by atoms with Crippen molar-refractivity contribution >= 4 is 53.6 Å². The van der Waals surface area contributed by atoms with Gasteiger partial charge in [0.1, 0.15) is 19.3 Å². The number of hydrogen-bond donors (Lipinski definition) is 4. The van der Waals surface area contributed by atoms with Crippen molar-refractivity contribution in [2.45, 2.75) is 65.5 Å². The van der Waals surface area contributed by atoms with Crippen molar-refractivity contribution in [1.82, 2.24) is 15.5 Å². The highest BCUT2D eigenvalue weighted by Gasteiger charge is 2.34. The maximum atomic E-state index is 14.0. The van der Waals surface area contributed by atoms with Crippen LogP contribution in [0.5, 0.6) is 0 Å². The Morgan fingerprint density at radius 1 is 0.980 bits per heavy atom. The summed E-state index contributed by atoms with van der Waals surface area (Å²) in [6, 6.07) is 20.5. The Morgan fingerprint density at radius 2 is 1.65 bits per heavy atom. The number of alkyl carbamates (subject to hydrolysis) is 1. The second-order valence-corrected chi connectivity index (χ2v) is 13.5. The zero-order chi connectivity index (χ0) is 35.7. The number of fused-ring (bicyclic) bond motifs is 1. The molecule has 3 amide bonds. The van der Waals surface area contributed by atoms with Crippen LogP contribution in [0, 0.1) is 5.92 Å². The molecule has 2 unspecified atom stereocenters. The highest BCUT2D eigenvalue weighted by molar-refractivity contribution is 7.49. The third kappa shape index (κ3) is 10.1. The van der Waals surface area contributed by atoms with E-state index in [0.717, 1.165) is 22.0 Å². The highest BCUT2D eigenvalue weighted by atomic mass is 31.1. The van der Waals surface area contributed by atoms with Gasteiger partial charge in [-0.3, -0.25) is 14.5 Å². The fourth-order valence-electron chi connectivity index (χ4n) is 5.18. The normalized spacial score (nSPS) is 15.3. The van der Waals surface area contributed by atoms with Crippen molar-refractivity contribution in [2.75, 3.05) is 11.6 Å². The van der Waals surface area contributed by atoms with Gasteiger partial charge in [-0.15, -0.1) is 0 Å². The molecule has 4 rings (SSSR count). The average molecular weight is 692 g/mol. The lowest BCUT2D eigenvalue weighted by Crippen LogP contribution is -2.51. The second kappa shape index (κ2) is 17.0. The molecule has 0 saturated heterocycles. The van der Waals surface area contributed by atoms with E-state index >= 15 is 0 Å². The summed E-state index contributed by atoms with van der Waals surface area (Å²) in [5, 5.41) is 16.1. The van der Waals surface area contributed by atoms with Crippen LogP contribution >= 0.6 is 8.00 Å². The van der Waals surface area contributed by atoms with Gasteiger partial charge in [0.15, 0.2) is 6.23 Å². The topological polar surface area (TPSA) is 187 Å². The van der Waals surface area contributed by atoms with Crippen molar-refractivity contribution in [3.8, 4) is 0 Å². The van der Waals surface area contributed by atoms with Gasteiger partial charge in [0.05, 0.1) is 11.7 Å². The van der Waals surface area contributed by atoms with Crippen LogP contribution in [-0.2, 0) is 30.3 Å². The fourth-order valence-corrected chi connectivity index (χ4v) is 5.86. The minimum Gasteiger partial charge on any atom is -0.602 e. The van der Waals surface area contributed by atoms with Crippen molar-refractivity contribution in [3.05, 3.63) is 90.3 Å². The first-order valence-corrected chi connectivity index (χ1v) is 17.0. The molecule has 260 valence electrons. The van der Waals surface area contributed by atoms with Crippen molar-refractivity contribution < 1.29 is 38.4 Å². The summed E-state index contributed by atoms with van der Waals surface area (Å²) in [5.74, 6) is -2.47. The number of anilines is 1. The van der Waals surface area contributed by atoms with Gasteiger partial charge in [0, 0.05) is 30.6 Å². The molecule has 3 aromatic carbocycles. The average Bonchev–Trinajstić information content (AvgIpc) is 3.49. The van der Waals surface area contributed by atoms with E-state index in [4.69, 9.17) is 15.0 Å². The lowest BCUT2D eigenvalue weighted by atomic mass is 10.1. The number of nitrogens with zero attached hydrogens (tertiary/aromatic N) is 2. The van der Waals surface area contributed by atoms with Crippen LogP contribution in [0.25, 0.3) is 10.8 Å². The van der Waals surface area contributed by atoms with Crippen LogP contribution in [0.2, 0.25) is 0 Å². The van der Waals surface area contributed by atoms with Crippen molar-refractivity contribution in [2.24, 2.45) is 11.7 Å². The second-order valence-electron chi connectivity index (χ2n) is 12.1. The Hall–Kier alpha value is -4.81. The summed E-state index contributed by atoms with van der Waals surface area (Å²) in [6.07, 6.45) is -0.302. The van der Waals surface area contributed by atoms with Crippen LogP contribution in [0.4, 0.5) is 10.5 Å². The van der Waals surface area contributed by atoms with Crippen LogP contribution in [-0.4, -0.2) is 64.2 Å². The number of hydrogen-bond acceptors (Lipinski definition) is 9. The van der Waals surface area contributed by atoms with E-state index in [1.54, 1.807) is 37.4 Å². The first kappa shape index (κ1) is 37.0. The van der Waals surface area contributed by atoms with Crippen LogP contribution in [0.1, 0.15) is 46.1 Å². The maximum Gasteiger partial charge on any atom is 0.408 e. The van der Waals surface area contributed by atoms with Crippen molar-refractivity contribution in [3.63, 3.8) is 0 Å². The number of amides is 3. The van der Waals surface area contributed by atoms with E-state index in [9.17, 15) is 29.2 Å². The number of nitrogens with one attached hydrogen (secondary N) is 2. The zero-order valence-electron chi connectivity index (χ0n) is 27.9. The van der Waals surface area contributed by atoms with Gasteiger partial charge in [0.2, 0.25) is 25.1 Å². The summed E-state index contributed by atoms with van der Waals surface area (Å²) >= 11 is 0. The molecular weight excluding hydrogens is 649 g/mol. The summed E-state index contributed by atoms with van der Waals surface area (Å²) in [4.78, 5) is 67.6. The molecule has 0 radical (unpaired) electrons. The minimum absolute atomic E-state index is 0.0432. The molecule has 1 aliphatic heterocycles. The summed E-state index contributed by atoms with van der Waals surface area (Å²) in [5.41, 5.74) is 7.99. The fraction of sp³-hybridized carbons (Fsp3) is 0.343. The third-order valence-electron chi connectivity index (χ3n) is 7.71. The van der Waals surface area contributed by atoms with Crippen LogP contribution < -0.4 is 26.2 Å². The highest BCUT2D eigenvalue weighted by Crippen LogP contribution is 2.34. The molecule has 14 heteroatoms. The number of carbonyl (C=O) groups excluding carboxylic acids is 3. The zero-order valence-corrected chi connectivity index (χ0v) is 28.8. The number of ether oxygens (including phenoxy) is 1. The number of rotatable bonds is 14. The molecule has 0 spiro atoms. The van der Waals surface area contributed by atoms with E-state index in [0.29, 0.717) is 5.70 Å². The van der Waals surface area contributed by atoms with Gasteiger partial charge in [-0.25, -0.2) is 9.59 Å². The Morgan fingerprint density at radius 3 is 2.33 bits per heavy atom. The van der Waals surface area contributed by atoms with Crippen molar-refractivity contribution in [1.29, 1.82) is 0 Å². The standard InChI is InChI=1S/C35H42N5O8P/c1-22(2)17-31(48-49(46)24(4)34(43)44)38-32(41)29(37-35(45)47-20-25-11-6-5-7-12-25)18-27-19-39(33(42)23(3)36)21-40(27)30-16-10-14-26-13-8-9-15-28(26)30/h5-16,19,22-23,29,31H,17-18,20-21,36H2,1-4H3,(H,37,45)(H,38,41)(H,43,44)/t23-,29-,31?/m0/s1. The molecule has 1 heterocycles. The molecule has 0 bridgehead atoms. The lowest BCUT2D eigenvalue weighted by Gasteiger charge is -2.28. The lowest BCUT2D eigenvalue weighted by molar-refractivity contribution is -0.177. The van der Waals surface area contributed by atoms with E-state index in [2.05, 4.69) is 10.6 Å². The molecule has 13 nitrogen and oxygen atoms in total. The molecule has 0 fully saturated rings. The largest absolute Gasteiger partial charge is 0.602 e. The SMILES string of the molecule is CC(C(=O)O)=[P+]([O-])OC(CC(C)C)NC(=O)[C@H](CC1=CN(C(=O)[C@H](C)N)CN1c1cccc2ccccc12)NC(=O)OCc1ccccc1. The molecule has 0 saturated carbocycles. The maximum absolute atomic E-state index is 14.0.